The van der Waals surface area contributed by atoms with E-state index in [4.69, 9.17) is 16.7 Å². The van der Waals surface area contributed by atoms with Crippen LogP contribution in [0.25, 0.3) is 0 Å². The van der Waals surface area contributed by atoms with E-state index < -0.39 is 0 Å². The molecule has 5 heteroatoms. The van der Waals surface area contributed by atoms with Crippen LogP contribution >= 0.6 is 22.9 Å². The standard InChI is InChI=1S/C9H12ClNO2S/c1-6(5-12)11(2)9(13)8-7(10)3-4-14-8/h3-4,6,12H,5H2,1-2H3. The van der Waals surface area contributed by atoms with E-state index in [0.717, 1.165) is 0 Å². The van der Waals surface area contributed by atoms with Crippen LogP contribution in [-0.2, 0) is 0 Å². The summed E-state index contributed by atoms with van der Waals surface area (Å²) in [6.07, 6.45) is 0. The molecule has 3 nitrogen and oxygen atoms in total. The van der Waals surface area contributed by atoms with Crippen molar-refractivity contribution in [3.8, 4) is 0 Å². The normalized spacial score (nSPS) is 12.6. The summed E-state index contributed by atoms with van der Waals surface area (Å²) in [5.41, 5.74) is 0. The lowest BCUT2D eigenvalue weighted by atomic mass is 10.3. The van der Waals surface area contributed by atoms with Gasteiger partial charge in [-0.1, -0.05) is 11.6 Å². The predicted octanol–water partition coefficient (Wildman–Crippen LogP) is 1.85. The maximum Gasteiger partial charge on any atom is 0.265 e. The van der Waals surface area contributed by atoms with Crippen molar-refractivity contribution in [3.63, 3.8) is 0 Å². The van der Waals surface area contributed by atoms with Crippen molar-refractivity contribution in [1.82, 2.24) is 4.90 Å². The molecule has 0 bridgehead atoms. The van der Waals surface area contributed by atoms with Crippen LogP contribution in [0.5, 0.6) is 0 Å². The number of likely N-dealkylation sites (N-methyl/N-ethyl adjacent to an activating group) is 1. The Hall–Kier alpha value is -0.580. The molecule has 0 saturated carbocycles. The molecule has 1 heterocycles. The van der Waals surface area contributed by atoms with Crippen LogP contribution in [0.1, 0.15) is 16.6 Å². The number of amides is 1. The Balaban J connectivity index is 2.81. The van der Waals surface area contributed by atoms with Crippen LogP contribution in [0.4, 0.5) is 0 Å². The lowest BCUT2D eigenvalue weighted by Gasteiger charge is -2.22. The molecule has 1 amide bonds. The van der Waals surface area contributed by atoms with Crippen LogP contribution in [0.2, 0.25) is 5.02 Å². The van der Waals surface area contributed by atoms with Gasteiger partial charge in [0.15, 0.2) is 0 Å². The highest BCUT2D eigenvalue weighted by molar-refractivity contribution is 7.12. The van der Waals surface area contributed by atoms with Gasteiger partial charge in [0.05, 0.1) is 17.7 Å². The summed E-state index contributed by atoms with van der Waals surface area (Å²) in [6.45, 7) is 1.73. The Morgan fingerprint density at radius 2 is 2.43 bits per heavy atom. The number of hydrogen-bond donors (Lipinski definition) is 1. The summed E-state index contributed by atoms with van der Waals surface area (Å²) in [7, 11) is 1.65. The van der Waals surface area contributed by atoms with Gasteiger partial charge >= 0.3 is 0 Å². The quantitative estimate of drug-likeness (QED) is 0.866. The molecule has 0 radical (unpaired) electrons. The highest BCUT2D eigenvalue weighted by atomic mass is 35.5. The van der Waals surface area contributed by atoms with Gasteiger partial charge < -0.3 is 10.0 Å². The van der Waals surface area contributed by atoms with E-state index >= 15 is 0 Å². The van der Waals surface area contributed by atoms with E-state index in [0.29, 0.717) is 9.90 Å². The lowest BCUT2D eigenvalue weighted by molar-refractivity contribution is 0.0687. The summed E-state index contributed by atoms with van der Waals surface area (Å²) >= 11 is 7.14. The fraction of sp³-hybridized carbons (Fsp3) is 0.444. The minimum atomic E-state index is -0.194. The fourth-order valence-electron chi connectivity index (χ4n) is 0.929. The van der Waals surface area contributed by atoms with Gasteiger partial charge in [-0.3, -0.25) is 4.79 Å². The third-order valence-corrected chi connectivity index (χ3v) is 3.39. The monoisotopic (exact) mass is 233 g/mol. The van der Waals surface area contributed by atoms with E-state index in [1.54, 1.807) is 25.4 Å². The number of halogens is 1. The number of thiophene rings is 1. The number of hydrogen-bond acceptors (Lipinski definition) is 3. The molecule has 0 aliphatic rings. The molecule has 0 aliphatic heterocycles. The summed E-state index contributed by atoms with van der Waals surface area (Å²) < 4.78 is 0. The summed E-state index contributed by atoms with van der Waals surface area (Å²) in [4.78, 5) is 13.8. The molecule has 0 fully saturated rings. The van der Waals surface area contributed by atoms with Gasteiger partial charge in [0, 0.05) is 7.05 Å². The number of rotatable bonds is 3. The zero-order chi connectivity index (χ0) is 10.7. The fourth-order valence-corrected chi connectivity index (χ4v) is 2.05. The second-order valence-electron chi connectivity index (χ2n) is 3.05. The van der Waals surface area contributed by atoms with Gasteiger partial charge in [-0.15, -0.1) is 11.3 Å². The molecule has 0 aromatic carbocycles. The highest BCUT2D eigenvalue weighted by Gasteiger charge is 2.19. The van der Waals surface area contributed by atoms with Gasteiger partial charge in [-0.05, 0) is 18.4 Å². The van der Waals surface area contributed by atoms with Crippen molar-refractivity contribution in [2.75, 3.05) is 13.7 Å². The number of aliphatic hydroxyl groups excluding tert-OH is 1. The molecule has 1 aromatic rings. The van der Waals surface area contributed by atoms with E-state index in [9.17, 15) is 4.79 Å². The van der Waals surface area contributed by atoms with Crippen LogP contribution in [-0.4, -0.2) is 35.6 Å². The molecule has 1 atom stereocenters. The maximum absolute atomic E-state index is 11.8. The van der Waals surface area contributed by atoms with Crippen LogP contribution < -0.4 is 0 Å². The molecule has 1 N–H and O–H groups in total. The second kappa shape index (κ2) is 4.77. The topological polar surface area (TPSA) is 40.5 Å². The van der Waals surface area contributed by atoms with Crippen LogP contribution in [0.15, 0.2) is 11.4 Å². The SMILES string of the molecule is CC(CO)N(C)C(=O)c1sccc1Cl. The molecule has 0 aliphatic carbocycles. The smallest absolute Gasteiger partial charge is 0.265 e. The molecule has 1 aromatic heterocycles. The Bertz CT molecular complexity index is 326. The summed E-state index contributed by atoms with van der Waals surface area (Å²) in [5, 5.41) is 11.1. The first kappa shape index (κ1) is 11.5. The van der Waals surface area contributed by atoms with Crippen LogP contribution in [0, 0.1) is 0 Å². The molecular formula is C9H12ClNO2S. The van der Waals surface area contributed by atoms with Gasteiger partial charge in [-0.25, -0.2) is 0 Å². The molecule has 78 valence electrons. The van der Waals surface area contributed by atoms with E-state index in [-0.39, 0.29) is 18.6 Å². The number of nitrogens with zero attached hydrogens (tertiary/aromatic N) is 1. The zero-order valence-corrected chi connectivity index (χ0v) is 9.60. The lowest BCUT2D eigenvalue weighted by Crippen LogP contribution is -2.37. The van der Waals surface area contributed by atoms with Crippen molar-refractivity contribution < 1.29 is 9.90 Å². The predicted molar refractivity (Wildman–Crippen MR) is 58.0 cm³/mol. The summed E-state index contributed by atoms with van der Waals surface area (Å²) in [6, 6.07) is 1.50. The second-order valence-corrected chi connectivity index (χ2v) is 4.37. The van der Waals surface area contributed by atoms with Crippen molar-refractivity contribution in [1.29, 1.82) is 0 Å². The first-order valence-corrected chi connectivity index (χ1v) is 5.44. The summed E-state index contributed by atoms with van der Waals surface area (Å²) in [5.74, 6) is -0.147. The largest absolute Gasteiger partial charge is 0.394 e. The molecule has 0 saturated heterocycles. The average molecular weight is 234 g/mol. The molecule has 1 unspecified atom stereocenters. The Kier molecular flexibility index (Phi) is 3.92. The zero-order valence-electron chi connectivity index (χ0n) is 8.03. The third kappa shape index (κ3) is 2.26. The molecular weight excluding hydrogens is 222 g/mol. The van der Waals surface area contributed by atoms with Crippen molar-refractivity contribution in [3.05, 3.63) is 21.3 Å². The first-order valence-electron chi connectivity index (χ1n) is 4.19. The van der Waals surface area contributed by atoms with Crippen molar-refractivity contribution in [2.45, 2.75) is 13.0 Å². The number of carbonyl (C=O) groups excluding carboxylic acids is 1. The van der Waals surface area contributed by atoms with Crippen molar-refractivity contribution >= 4 is 28.8 Å². The highest BCUT2D eigenvalue weighted by Crippen LogP contribution is 2.23. The van der Waals surface area contributed by atoms with Gasteiger partial charge in [0.25, 0.3) is 5.91 Å². The Morgan fingerprint density at radius 1 is 1.79 bits per heavy atom. The van der Waals surface area contributed by atoms with Crippen molar-refractivity contribution in [2.24, 2.45) is 0 Å². The average Bonchev–Trinajstić information content (AvgIpc) is 2.61. The first-order chi connectivity index (χ1) is 6.57. The minimum Gasteiger partial charge on any atom is -0.394 e. The molecule has 1 rings (SSSR count). The van der Waals surface area contributed by atoms with E-state index in [1.807, 2.05) is 0 Å². The van der Waals surface area contributed by atoms with E-state index in [2.05, 4.69) is 0 Å². The molecule has 14 heavy (non-hydrogen) atoms. The number of aliphatic hydroxyl groups is 1. The van der Waals surface area contributed by atoms with Gasteiger partial charge in [0.1, 0.15) is 4.88 Å². The Labute approximate surface area is 91.9 Å². The van der Waals surface area contributed by atoms with E-state index in [1.165, 1.54) is 16.2 Å². The van der Waals surface area contributed by atoms with Gasteiger partial charge in [0.2, 0.25) is 0 Å². The molecule has 0 spiro atoms. The maximum atomic E-state index is 11.8. The van der Waals surface area contributed by atoms with Crippen LogP contribution in [0.3, 0.4) is 0 Å². The van der Waals surface area contributed by atoms with Gasteiger partial charge in [-0.2, -0.15) is 0 Å². The third-order valence-electron chi connectivity index (χ3n) is 2.06. The Morgan fingerprint density at radius 3 is 2.86 bits per heavy atom. The minimum absolute atomic E-state index is 0.0504. The number of carbonyl (C=O) groups is 1.